The predicted octanol–water partition coefficient (Wildman–Crippen LogP) is 4.76. The van der Waals surface area contributed by atoms with E-state index in [0.717, 1.165) is 57.2 Å². The Morgan fingerprint density at radius 2 is 1.97 bits per heavy atom. The SMILES string of the molecule is CCC[C@H]1C[C@H](c2ccc(OC)cc2)[C@@H](OCc2ccc3c(c2)N(CCCOC)CCO3)CN1. The fraction of sp³-hybridized carbons (Fsp3) is 0.571. The van der Waals surface area contributed by atoms with E-state index in [2.05, 4.69) is 59.6 Å². The second kappa shape index (κ2) is 12.4. The normalized spacial score (nSPS) is 22.2. The van der Waals surface area contributed by atoms with Gasteiger partial charge in [0.15, 0.2) is 0 Å². The number of nitrogens with zero attached hydrogens (tertiary/aromatic N) is 1. The number of hydrogen-bond acceptors (Lipinski definition) is 6. The van der Waals surface area contributed by atoms with Crippen LogP contribution in [-0.2, 0) is 16.1 Å². The minimum absolute atomic E-state index is 0.131. The summed E-state index contributed by atoms with van der Waals surface area (Å²) in [5.41, 5.74) is 3.68. The quantitative estimate of drug-likeness (QED) is 0.480. The molecule has 2 aromatic carbocycles. The van der Waals surface area contributed by atoms with E-state index in [0.29, 0.717) is 18.6 Å². The smallest absolute Gasteiger partial charge is 0.142 e. The Bertz CT molecular complexity index is 888. The summed E-state index contributed by atoms with van der Waals surface area (Å²) in [5, 5.41) is 3.72. The molecule has 0 spiro atoms. The molecule has 3 atom stereocenters. The zero-order valence-corrected chi connectivity index (χ0v) is 20.9. The van der Waals surface area contributed by atoms with Gasteiger partial charge in [-0.2, -0.15) is 0 Å². The zero-order valence-electron chi connectivity index (χ0n) is 20.9. The van der Waals surface area contributed by atoms with Gasteiger partial charge in [0.1, 0.15) is 18.1 Å². The molecule has 2 aliphatic rings. The first-order chi connectivity index (χ1) is 16.7. The van der Waals surface area contributed by atoms with Crippen LogP contribution in [0.3, 0.4) is 0 Å². The molecular weight excluding hydrogens is 428 g/mol. The summed E-state index contributed by atoms with van der Waals surface area (Å²) in [5.74, 6) is 2.23. The molecule has 4 rings (SSSR count). The maximum Gasteiger partial charge on any atom is 0.142 e. The number of fused-ring (bicyclic) bond motifs is 1. The molecule has 6 heteroatoms. The van der Waals surface area contributed by atoms with Crippen LogP contribution in [0.25, 0.3) is 0 Å². The average molecular weight is 469 g/mol. The van der Waals surface area contributed by atoms with Crippen molar-refractivity contribution >= 4 is 5.69 Å². The highest BCUT2D eigenvalue weighted by molar-refractivity contribution is 5.61. The number of nitrogens with one attached hydrogen (secondary N) is 1. The summed E-state index contributed by atoms with van der Waals surface area (Å²) in [4.78, 5) is 2.40. The summed E-state index contributed by atoms with van der Waals surface area (Å²) < 4.78 is 23.1. The Balaban J connectivity index is 1.44. The lowest BCUT2D eigenvalue weighted by atomic mass is 9.83. The van der Waals surface area contributed by atoms with Crippen molar-refractivity contribution in [2.45, 2.75) is 57.3 Å². The van der Waals surface area contributed by atoms with Gasteiger partial charge in [0.05, 0.1) is 32.1 Å². The van der Waals surface area contributed by atoms with E-state index in [1.165, 1.54) is 29.7 Å². The summed E-state index contributed by atoms with van der Waals surface area (Å²) in [6, 6.07) is 15.5. The highest BCUT2D eigenvalue weighted by Gasteiger charge is 2.32. The third-order valence-corrected chi connectivity index (χ3v) is 7.00. The molecule has 2 aromatic rings. The Hall–Kier alpha value is -2.28. The molecule has 2 heterocycles. The molecular formula is C28H40N2O4. The van der Waals surface area contributed by atoms with Crippen molar-refractivity contribution in [1.82, 2.24) is 5.32 Å². The first-order valence-electron chi connectivity index (χ1n) is 12.7. The van der Waals surface area contributed by atoms with Gasteiger partial charge >= 0.3 is 0 Å². The molecule has 1 saturated heterocycles. The van der Waals surface area contributed by atoms with E-state index in [4.69, 9.17) is 18.9 Å². The van der Waals surface area contributed by atoms with E-state index in [-0.39, 0.29) is 6.10 Å². The standard InChI is InChI=1S/C28H40N2O4/c1-4-6-23-18-25(22-8-10-24(32-3)11-9-22)28(19-29-23)34-20-21-7-12-27-26(17-21)30(14-16-33-27)13-5-15-31-2/h7-12,17,23,25,28-29H,4-6,13-16,18-20H2,1-3H3/t23-,25+,28-/m0/s1. The fourth-order valence-electron chi connectivity index (χ4n) is 5.16. The van der Waals surface area contributed by atoms with Crippen molar-refractivity contribution in [1.29, 1.82) is 0 Å². The Kier molecular flexibility index (Phi) is 9.08. The molecule has 2 aliphatic heterocycles. The summed E-state index contributed by atoms with van der Waals surface area (Å²) in [6.07, 6.45) is 4.62. The average Bonchev–Trinajstić information content (AvgIpc) is 2.88. The topological polar surface area (TPSA) is 52.2 Å². The van der Waals surface area contributed by atoms with Crippen LogP contribution >= 0.6 is 0 Å². The van der Waals surface area contributed by atoms with Crippen molar-refractivity contribution in [3.63, 3.8) is 0 Å². The molecule has 6 nitrogen and oxygen atoms in total. The van der Waals surface area contributed by atoms with Crippen LogP contribution in [0.2, 0.25) is 0 Å². The van der Waals surface area contributed by atoms with Crippen molar-refractivity contribution in [2.24, 2.45) is 0 Å². The van der Waals surface area contributed by atoms with Crippen LogP contribution in [0.5, 0.6) is 11.5 Å². The van der Waals surface area contributed by atoms with Crippen molar-refractivity contribution < 1.29 is 18.9 Å². The summed E-state index contributed by atoms with van der Waals surface area (Å²) in [7, 11) is 3.47. The van der Waals surface area contributed by atoms with E-state index < -0.39 is 0 Å². The van der Waals surface area contributed by atoms with Crippen LogP contribution < -0.4 is 19.7 Å². The molecule has 0 saturated carbocycles. The van der Waals surface area contributed by atoms with Crippen LogP contribution in [0, 0.1) is 0 Å². The van der Waals surface area contributed by atoms with Crippen molar-refractivity contribution in [3.8, 4) is 11.5 Å². The highest BCUT2D eigenvalue weighted by atomic mass is 16.5. The highest BCUT2D eigenvalue weighted by Crippen LogP contribution is 2.35. The minimum atomic E-state index is 0.131. The number of anilines is 1. The summed E-state index contributed by atoms with van der Waals surface area (Å²) >= 11 is 0. The maximum atomic E-state index is 6.57. The maximum absolute atomic E-state index is 6.57. The third kappa shape index (κ3) is 6.23. The van der Waals surface area contributed by atoms with Crippen molar-refractivity contribution in [3.05, 3.63) is 53.6 Å². The van der Waals surface area contributed by atoms with Gasteiger partial charge in [-0.3, -0.25) is 0 Å². The molecule has 0 radical (unpaired) electrons. The predicted molar refractivity (Wildman–Crippen MR) is 136 cm³/mol. The largest absolute Gasteiger partial charge is 0.497 e. The summed E-state index contributed by atoms with van der Waals surface area (Å²) in [6.45, 7) is 7.10. The van der Waals surface area contributed by atoms with Crippen LogP contribution in [-0.4, -0.2) is 59.2 Å². The van der Waals surface area contributed by atoms with Gasteiger partial charge < -0.3 is 29.2 Å². The van der Waals surface area contributed by atoms with Gasteiger partial charge in [0, 0.05) is 38.8 Å². The third-order valence-electron chi connectivity index (χ3n) is 7.00. The van der Waals surface area contributed by atoms with E-state index in [1.54, 1.807) is 14.2 Å². The number of rotatable bonds is 11. The lowest BCUT2D eigenvalue weighted by Gasteiger charge is -2.37. The second-order valence-electron chi connectivity index (χ2n) is 9.34. The van der Waals surface area contributed by atoms with Gasteiger partial charge in [-0.25, -0.2) is 0 Å². The molecule has 0 amide bonds. The monoisotopic (exact) mass is 468 g/mol. The minimum Gasteiger partial charge on any atom is -0.497 e. The number of hydrogen-bond donors (Lipinski definition) is 1. The van der Waals surface area contributed by atoms with Gasteiger partial charge in [-0.15, -0.1) is 0 Å². The van der Waals surface area contributed by atoms with Crippen LogP contribution in [0.4, 0.5) is 5.69 Å². The number of methoxy groups -OCH3 is 2. The van der Waals surface area contributed by atoms with Crippen LogP contribution in [0.1, 0.15) is 49.7 Å². The Morgan fingerprint density at radius 1 is 1.12 bits per heavy atom. The molecule has 0 aliphatic carbocycles. The number of ether oxygens (including phenoxy) is 4. The Labute approximate surface area is 204 Å². The zero-order chi connectivity index (χ0) is 23.8. The molecule has 186 valence electrons. The first kappa shape index (κ1) is 24.8. The molecule has 1 N–H and O–H groups in total. The molecule has 0 aromatic heterocycles. The number of benzene rings is 2. The van der Waals surface area contributed by atoms with Gasteiger partial charge in [-0.1, -0.05) is 31.5 Å². The van der Waals surface area contributed by atoms with Crippen molar-refractivity contribution in [2.75, 3.05) is 52.0 Å². The molecule has 0 unspecified atom stereocenters. The molecule has 34 heavy (non-hydrogen) atoms. The Morgan fingerprint density at radius 3 is 2.74 bits per heavy atom. The fourth-order valence-corrected chi connectivity index (χ4v) is 5.16. The van der Waals surface area contributed by atoms with E-state index in [9.17, 15) is 0 Å². The van der Waals surface area contributed by atoms with Gasteiger partial charge in [0.25, 0.3) is 0 Å². The lowest BCUT2D eigenvalue weighted by molar-refractivity contribution is 0.00221. The molecule has 1 fully saturated rings. The van der Waals surface area contributed by atoms with E-state index in [1.807, 2.05) is 0 Å². The molecule has 0 bridgehead atoms. The van der Waals surface area contributed by atoms with E-state index >= 15 is 0 Å². The number of piperidine rings is 1. The lowest BCUT2D eigenvalue weighted by Crippen LogP contribution is -2.47. The van der Waals surface area contributed by atoms with Gasteiger partial charge in [0.2, 0.25) is 0 Å². The van der Waals surface area contributed by atoms with Crippen LogP contribution in [0.15, 0.2) is 42.5 Å². The first-order valence-corrected chi connectivity index (χ1v) is 12.7. The van der Waals surface area contributed by atoms with Gasteiger partial charge in [-0.05, 0) is 54.7 Å². The second-order valence-corrected chi connectivity index (χ2v) is 9.34.